The minimum absolute atomic E-state index is 0.0284. The van der Waals surface area contributed by atoms with Crippen LogP contribution in [0.5, 0.6) is 0 Å². The van der Waals surface area contributed by atoms with Gasteiger partial charge >= 0.3 is 11.9 Å². The van der Waals surface area contributed by atoms with Crippen LogP contribution in [0.15, 0.2) is 109 Å². The monoisotopic (exact) mass is 859 g/mol. The average molecular weight is 859 g/mol. The van der Waals surface area contributed by atoms with E-state index in [2.05, 4.69) is 118 Å². The molecule has 0 bridgehead atoms. The molecule has 0 rings (SSSR count). The summed E-state index contributed by atoms with van der Waals surface area (Å²) < 4.78 is 17.3. The number of esters is 2. The third kappa shape index (κ3) is 49.2. The van der Waals surface area contributed by atoms with Crippen LogP contribution in [-0.4, -0.2) is 37.9 Å². The molecule has 0 spiro atoms. The van der Waals surface area contributed by atoms with E-state index in [1.165, 1.54) is 83.5 Å². The topological polar surface area (TPSA) is 61.8 Å². The number of carbonyl (C=O) groups excluding carboxylic acids is 2. The molecule has 0 aliphatic heterocycles. The maximum Gasteiger partial charge on any atom is 0.310 e. The quantitative estimate of drug-likeness (QED) is 0.0347. The second-order valence-electron chi connectivity index (χ2n) is 16.3. The first-order valence-electron chi connectivity index (χ1n) is 25.4. The van der Waals surface area contributed by atoms with Crippen molar-refractivity contribution in [2.75, 3.05) is 19.8 Å². The molecule has 0 aromatic heterocycles. The SMILES string of the molecule is CC/C=C\C/C=C\C/C=C\C/C=C\C/C=C\CC(=O)OC(COCCCCCC/C=C\C/C=C\C/C=C\CC)COC(=O)CCCCCCCCC/C=C\CCCCCCCC. The Balaban J connectivity index is 4.43. The second kappa shape index (κ2) is 51.9. The van der Waals surface area contributed by atoms with Gasteiger partial charge in [0.2, 0.25) is 0 Å². The van der Waals surface area contributed by atoms with Crippen LogP contribution in [0.1, 0.15) is 213 Å². The molecule has 0 aliphatic rings. The van der Waals surface area contributed by atoms with Gasteiger partial charge in [0, 0.05) is 13.0 Å². The van der Waals surface area contributed by atoms with Gasteiger partial charge in [-0.3, -0.25) is 9.59 Å². The van der Waals surface area contributed by atoms with Gasteiger partial charge in [0.1, 0.15) is 6.61 Å². The maximum atomic E-state index is 12.7. The first kappa shape index (κ1) is 58.6. The van der Waals surface area contributed by atoms with E-state index in [9.17, 15) is 9.59 Å². The van der Waals surface area contributed by atoms with Gasteiger partial charge < -0.3 is 14.2 Å². The van der Waals surface area contributed by atoms with Crippen LogP contribution in [0.4, 0.5) is 0 Å². The summed E-state index contributed by atoms with van der Waals surface area (Å²) in [6, 6.07) is 0. The first-order valence-corrected chi connectivity index (χ1v) is 25.4. The number of hydrogen-bond acceptors (Lipinski definition) is 5. The van der Waals surface area contributed by atoms with E-state index >= 15 is 0 Å². The Bertz CT molecular complexity index is 1250. The summed E-state index contributed by atoms with van der Waals surface area (Å²) >= 11 is 0. The number of rotatable bonds is 45. The van der Waals surface area contributed by atoms with Gasteiger partial charge in [0.05, 0.1) is 13.0 Å². The fourth-order valence-corrected chi connectivity index (χ4v) is 6.59. The van der Waals surface area contributed by atoms with E-state index in [-0.39, 0.29) is 31.6 Å². The van der Waals surface area contributed by atoms with Crippen molar-refractivity contribution in [1.82, 2.24) is 0 Å². The number of unbranched alkanes of at least 4 members (excludes halogenated alkanes) is 17. The van der Waals surface area contributed by atoms with Gasteiger partial charge in [0.25, 0.3) is 0 Å². The molecule has 0 heterocycles. The lowest BCUT2D eigenvalue weighted by atomic mass is 10.1. The number of carbonyl (C=O) groups is 2. The van der Waals surface area contributed by atoms with Crippen molar-refractivity contribution in [1.29, 1.82) is 0 Å². The molecule has 0 saturated carbocycles. The molecule has 0 amide bonds. The summed E-state index contributed by atoms with van der Waals surface area (Å²) in [6.07, 6.45) is 71.2. The Labute approximate surface area is 383 Å². The molecular weight excluding hydrogens is 765 g/mol. The van der Waals surface area contributed by atoms with Crippen molar-refractivity contribution in [3.63, 3.8) is 0 Å². The van der Waals surface area contributed by atoms with Crippen molar-refractivity contribution in [3.05, 3.63) is 109 Å². The van der Waals surface area contributed by atoms with Crippen LogP contribution >= 0.6 is 0 Å². The van der Waals surface area contributed by atoms with E-state index in [4.69, 9.17) is 14.2 Å². The highest BCUT2D eigenvalue weighted by molar-refractivity contribution is 5.71. The molecule has 0 aliphatic carbocycles. The van der Waals surface area contributed by atoms with Crippen molar-refractivity contribution in [2.24, 2.45) is 0 Å². The highest BCUT2D eigenvalue weighted by Gasteiger charge is 2.17. The van der Waals surface area contributed by atoms with Crippen LogP contribution in [0.2, 0.25) is 0 Å². The minimum Gasteiger partial charge on any atom is -0.462 e. The number of ether oxygens (including phenoxy) is 3. The molecule has 0 aromatic rings. The summed E-state index contributed by atoms with van der Waals surface area (Å²) in [5.41, 5.74) is 0. The molecule has 1 atom stereocenters. The lowest BCUT2D eigenvalue weighted by Gasteiger charge is -2.18. The van der Waals surface area contributed by atoms with Gasteiger partial charge in [-0.15, -0.1) is 0 Å². The summed E-state index contributed by atoms with van der Waals surface area (Å²) in [4.78, 5) is 25.3. The second-order valence-corrected chi connectivity index (χ2v) is 16.3. The van der Waals surface area contributed by atoms with Crippen LogP contribution < -0.4 is 0 Å². The smallest absolute Gasteiger partial charge is 0.310 e. The standard InChI is InChI=1S/C57H94O5/c1-4-7-10-13-16-19-22-25-28-29-31-32-35-38-41-44-47-50-56(58)61-54-55(53-60-52-49-46-43-40-37-34-27-24-21-18-15-12-9-6-3)62-57(59)51-48-45-42-39-36-33-30-26-23-20-17-14-11-8-5-2/h8-9,11-12,17-18,20-21,25-28,30,34,36,39,45,48,55H,4-7,10,13-16,19,22-24,29,31-33,35,37-38,40-44,46-47,49-54H2,1-3H3/b11-8-,12-9-,20-17-,21-18-,28-25-,30-26-,34-27-,39-36-,48-45-. The van der Waals surface area contributed by atoms with Crippen LogP contribution in [-0.2, 0) is 23.8 Å². The molecule has 1 unspecified atom stereocenters. The third-order valence-electron chi connectivity index (χ3n) is 10.3. The summed E-state index contributed by atoms with van der Waals surface area (Å²) in [5.74, 6) is -0.567. The Kier molecular flexibility index (Phi) is 49.0. The predicted molar refractivity (Wildman–Crippen MR) is 269 cm³/mol. The van der Waals surface area contributed by atoms with Crippen LogP contribution in [0, 0.1) is 0 Å². The van der Waals surface area contributed by atoms with Crippen molar-refractivity contribution in [2.45, 2.75) is 219 Å². The molecule has 0 radical (unpaired) electrons. The molecule has 5 nitrogen and oxygen atoms in total. The zero-order chi connectivity index (χ0) is 44.9. The van der Waals surface area contributed by atoms with E-state index in [1.807, 2.05) is 12.2 Å². The van der Waals surface area contributed by atoms with Gasteiger partial charge in [-0.25, -0.2) is 0 Å². The third-order valence-corrected chi connectivity index (χ3v) is 10.3. The Morgan fingerprint density at radius 2 is 0.774 bits per heavy atom. The molecule has 0 aromatic carbocycles. The molecule has 0 fully saturated rings. The zero-order valence-electron chi connectivity index (χ0n) is 40.3. The summed E-state index contributed by atoms with van der Waals surface area (Å²) in [7, 11) is 0. The molecule has 0 saturated heterocycles. The Hall–Kier alpha value is -3.44. The Morgan fingerprint density at radius 3 is 1.26 bits per heavy atom. The highest BCUT2D eigenvalue weighted by atomic mass is 16.6. The molecular formula is C57H94O5. The van der Waals surface area contributed by atoms with Crippen LogP contribution in [0.25, 0.3) is 0 Å². The van der Waals surface area contributed by atoms with Crippen molar-refractivity contribution in [3.8, 4) is 0 Å². The number of allylic oxidation sites excluding steroid dienone is 17. The van der Waals surface area contributed by atoms with E-state index in [0.29, 0.717) is 13.0 Å². The van der Waals surface area contributed by atoms with Gasteiger partial charge in [-0.2, -0.15) is 0 Å². The predicted octanol–water partition coefficient (Wildman–Crippen LogP) is 17.2. The largest absolute Gasteiger partial charge is 0.462 e. The van der Waals surface area contributed by atoms with Gasteiger partial charge in [-0.1, -0.05) is 207 Å². The average Bonchev–Trinajstić information content (AvgIpc) is 3.27. The zero-order valence-corrected chi connectivity index (χ0v) is 40.3. The fourth-order valence-electron chi connectivity index (χ4n) is 6.59. The van der Waals surface area contributed by atoms with E-state index in [1.54, 1.807) is 0 Å². The van der Waals surface area contributed by atoms with Crippen molar-refractivity contribution < 1.29 is 23.8 Å². The van der Waals surface area contributed by atoms with Gasteiger partial charge in [-0.05, 0) is 103 Å². The van der Waals surface area contributed by atoms with E-state index < -0.39 is 6.10 Å². The van der Waals surface area contributed by atoms with Crippen LogP contribution in [0.3, 0.4) is 0 Å². The fraction of sp³-hybridized carbons (Fsp3) is 0.649. The van der Waals surface area contributed by atoms with Crippen molar-refractivity contribution >= 4 is 11.9 Å². The first-order chi connectivity index (χ1) is 30.6. The molecule has 0 N–H and O–H groups in total. The molecule has 5 heteroatoms. The Morgan fingerprint density at radius 1 is 0.387 bits per heavy atom. The highest BCUT2D eigenvalue weighted by Crippen LogP contribution is 2.13. The molecule has 352 valence electrons. The summed E-state index contributed by atoms with van der Waals surface area (Å²) in [5, 5.41) is 0. The lowest BCUT2D eigenvalue weighted by Crippen LogP contribution is -2.29. The van der Waals surface area contributed by atoms with E-state index in [0.717, 1.165) is 96.3 Å². The molecule has 62 heavy (non-hydrogen) atoms. The number of hydrogen-bond donors (Lipinski definition) is 0. The lowest BCUT2D eigenvalue weighted by molar-refractivity contribution is -0.162. The normalized spacial score (nSPS) is 13.1. The van der Waals surface area contributed by atoms with Gasteiger partial charge in [0.15, 0.2) is 6.10 Å². The minimum atomic E-state index is -0.610. The summed E-state index contributed by atoms with van der Waals surface area (Å²) in [6.45, 7) is 7.43. The maximum absolute atomic E-state index is 12.7.